The van der Waals surface area contributed by atoms with Gasteiger partial charge in [-0.1, -0.05) is 84.4 Å². The van der Waals surface area contributed by atoms with Gasteiger partial charge in [0.05, 0.1) is 18.7 Å². The van der Waals surface area contributed by atoms with Gasteiger partial charge in [-0.05, 0) is 38.3 Å². The SMILES string of the molecule is CCC[C@@H](/C=C(\C)C(=O)OCC)N(C)C(=O)[C@@H](NC(=O)[C@@H](NC)C(C)(C)c1ccccc1)C(C)(C)C. The minimum Gasteiger partial charge on any atom is -0.463 e. The lowest BCUT2D eigenvalue weighted by atomic mass is 9.76. The molecule has 0 saturated carbocycles. The van der Waals surface area contributed by atoms with E-state index in [0.29, 0.717) is 18.6 Å². The lowest BCUT2D eigenvalue weighted by molar-refractivity contribution is -0.140. The third-order valence-corrected chi connectivity index (χ3v) is 6.66. The first-order valence-corrected chi connectivity index (χ1v) is 12.9. The normalized spacial score (nSPS) is 15.0. The highest BCUT2D eigenvalue weighted by molar-refractivity contribution is 5.92. The summed E-state index contributed by atoms with van der Waals surface area (Å²) in [6.45, 7) is 15.6. The number of carbonyl (C=O) groups excluding carboxylic acids is 3. The second-order valence-electron chi connectivity index (χ2n) is 11.0. The van der Waals surface area contributed by atoms with Crippen LogP contribution in [-0.2, 0) is 24.5 Å². The second kappa shape index (κ2) is 13.6. The Labute approximate surface area is 218 Å². The molecule has 2 amide bonds. The minimum atomic E-state index is -0.756. The third kappa shape index (κ3) is 8.19. The number of rotatable bonds is 12. The van der Waals surface area contributed by atoms with Crippen molar-refractivity contribution in [3.05, 3.63) is 47.5 Å². The van der Waals surface area contributed by atoms with Gasteiger partial charge in [0.25, 0.3) is 0 Å². The van der Waals surface area contributed by atoms with Crippen LogP contribution in [0.4, 0.5) is 0 Å². The first-order valence-electron chi connectivity index (χ1n) is 12.9. The summed E-state index contributed by atoms with van der Waals surface area (Å²) in [6, 6.07) is 8.26. The Hall–Kier alpha value is -2.67. The highest BCUT2D eigenvalue weighted by Gasteiger charge is 2.41. The van der Waals surface area contributed by atoms with Gasteiger partial charge in [0.2, 0.25) is 11.8 Å². The number of amides is 2. The number of esters is 1. The van der Waals surface area contributed by atoms with Gasteiger partial charge in [-0.2, -0.15) is 0 Å². The van der Waals surface area contributed by atoms with Crippen molar-refractivity contribution in [1.29, 1.82) is 0 Å². The highest BCUT2D eigenvalue weighted by Crippen LogP contribution is 2.29. The number of nitrogens with one attached hydrogen (secondary N) is 2. The quantitative estimate of drug-likeness (QED) is 0.331. The molecule has 0 aromatic heterocycles. The molecule has 1 rings (SSSR count). The maximum atomic E-state index is 13.8. The van der Waals surface area contributed by atoms with Crippen LogP contribution in [0.5, 0.6) is 0 Å². The van der Waals surface area contributed by atoms with Crippen LogP contribution in [0.15, 0.2) is 42.0 Å². The Balaban J connectivity index is 3.25. The number of likely N-dealkylation sites (N-methyl/N-ethyl adjacent to an activating group) is 2. The van der Waals surface area contributed by atoms with Crippen molar-refractivity contribution in [2.24, 2.45) is 5.41 Å². The zero-order valence-electron chi connectivity index (χ0n) is 23.9. The number of carbonyl (C=O) groups is 3. The maximum Gasteiger partial charge on any atom is 0.333 e. The summed E-state index contributed by atoms with van der Waals surface area (Å²) in [5.74, 6) is -0.826. The zero-order chi connectivity index (χ0) is 27.7. The average molecular weight is 502 g/mol. The summed E-state index contributed by atoms with van der Waals surface area (Å²) in [4.78, 5) is 41.2. The number of benzene rings is 1. The molecular weight excluding hydrogens is 454 g/mol. The molecule has 2 N–H and O–H groups in total. The summed E-state index contributed by atoms with van der Waals surface area (Å²) in [7, 11) is 3.49. The first-order chi connectivity index (χ1) is 16.7. The summed E-state index contributed by atoms with van der Waals surface area (Å²) < 4.78 is 5.11. The largest absolute Gasteiger partial charge is 0.463 e. The third-order valence-electron chi connectivity index (χ3n) is 6.66. The Morgan fingerprint density at radius 3 is 2.08 bits per heavy atom. The zero-order valence-corrected chi connectivity index (χ0v) is 23.9. The Morgan fingerprint density at radius 1 is 1.03 bits per heavy atom. The first kappa shape index (κ1) is 31.4. The molecule has 0 aliphatic rings. The van der Waals surface area contributed by atoms with E-state index in [2.05, 4.69) is 10.6 Å². The number of ether oxygens (including phenoxy) is 1. The van der Waals surface area contributed by atoms with Crippen LogP contribution in [0.2, 0.25) is 0 Å². The molecule has 7 nitrogen and oxygen atoms in total. The molecular formula is C29H47N3O4. The minimum absolute atomic E-state index is 0.199. The van der Waals surface area contributed by atoms with Crippen LogP contribution in [0.25, 0.3) is 0 Å². The van der Waals surface area contributed by atoms with E-state index in [1.807, 2.05) is 71.9 Å². The van der Waals surface area contributed by atoms with E-state index in [0.717, 1.165) is 12.0 Å². The van der Waals surface area contributed by atoms with Crippen LogP contribution in [-0.4, -0.2) is 61.5 Å². The molecule has 0 bridgehead atoms. The van der Waals surface area contributed by atoms with Crippen LogP contribution >= 0.6 is 0 Å². The Morgan fingerprint density at radius 2 is 1.61 bits per heavy atom. The van der Waals surface area contributed by atoms with Crippen molar-refractivity contribution in [2.75, 3.05) is 20.7 Å². The molecule has 0 aliphatic heterocycles. The molecule has 0 heterocycles. The molecule has 0 spiro atoms. The van der Waals surface area contributed by atoms with Crippen molar-refractivity contribution in [3.8, 4) is 0 Å². The lowest BCUT2D eigenvalue weighted by Gasteiger charge is -2.39. The predicted octanol–water partition coefficient (Wildman–Crippen LogP) is 4.22. The van der Waals surface area contributed by atoms with Gasteiger partial charge in [0.15, 0.2) is 0 Å². The molecule has 202 valence electrons. The lowest BCUT2D eigenvalue weighted by Crippen LogP contribution is -2.61. The van der Waals surface area contributed by atoms with Crippen LogP contribution in [0.3, 0.4) is 0 Å². The fourth-order valence-corrected chi connectivity index (χ4v) is 4.38. The van der Waals surface area contributed by atoms with Gasteiger partial charge < -0.3 is 20.3 Å². The molecule has 0 radical (unpaired) electrons. The summed E-state index contributed by atoms with van der Waals surface area (Å²) in [5.41, 5.74) is 0.443. The topological polar surface area (TPSA) is 87.7 Å². The molecule has 1 aromatic rings. The van der Waals surface area contributed by atoms with Gasteiger partial charge in [-0.25, -0.2) is 4.79 Å². The molecule has 1 aromatic carbocycles. The van der Waals surface area contributed by atoms with Gasteiger partial charge in [0.1, 0.15) is 6.04 Å². The van der Waals surface area contributed by atoms with Gasteiger partial charge in [-0.3, -0.25) is 9.59 Å². The Bertz CT molecular complexity index is 903. The van der Waals surface area contributed by atoms with Crippen LogP contribution in [0.1, 0.15) is 73.8 Å². The molecule has 0 saturated heterocycles. The monoisotopic (exact) mass is 501 g/mol. The van der Waals surface area contributed by atoms with Crippen molar-refractivity contribution in [2.45, 2.75) is 91.8 Å². The maximum absolute atomic E-state index is 13.8. The second-order valence-corrected chi connectivity index (χ2v) is 11.0. The fraction of sp³-hybridized carbons (Fsp3) is 0.621. The smallest absolute Gasteiger partial charge is 0.333 e. The van der Waals surface area contributed by atoms with Crippen molar-refractivity contribution >= 4 is 17.8 Å². The molecule has 36 heavy (non-hydrogen) atoms. The van der Waals surface area contributed by atoms with E-state index in [9.17, 15) is 14.4 Å². The van der Waals surface area contributed by atoms with Crippen LogP contribution in [0, 0.1) is 5.41 Å². The van der Waals surface area contributed by atoms with Crippen molar-refractivity contribution in [3.63, 3.8) is 0 Å². The molecule has 0 fully saturated rings. The van der Waals surface area contributed by atoms with Gasteiger partial charge in [-0.15, -0.1) is 0 Å². The van der Waals surface area contributed by atoms with E-state index in [4.69, 9.17) is 4.74 Å². The molecule has 0 aliphatic carbocycles. The Kier molecular flexibility index (Phi) is 11.8. The summed E-state index contributed by atoms with van der Waals surface area (Å²) in [6.07, 6.45) is 3.30. The molecule has 0 unspecified atom stereocenters. The number of hydrogen-bond donors (Lipinski definition) is 2. The summed E-state index contributed by atoms with van der Waals surface area (Å²) >= 11 is 0. The van der Waals surface area contributed by atoms with Crippen molar-refractivity contribution in [1.82, 2.24) is 15.5 Å². The highest BCUT2D eigenvalue weighted by atomic mass is 16.5. The average Bonchev–Trinajstić information content (AvgIpc) is 2.81. The molecule has 7 heteroatoms. The number of hydrogen-bond acceptors (Lipinski definition) is 5. The molecule has 3 atom stereocenters. The number of nitrogens with zero attached hydrogens (tertiary/aromatic N) is 1. The predicted molar refractivity (Wildman–Crippen MR) is 146 cm³/mol. The standard InChI is InChI=1S/C29H47N3O4/c1-11-16-22(19-20(3)27(35)36-12-2)32(10)26(34)24(28(4,5)6)31-25(33)23(30-9)29(7,8)21-17-14-13-15-18-21/h13-15,17-19,22-24,30H,11-12,16H2,1-10H3,(H,31,33)/b20-19+/t22-,23+,24+/m0/s1. The van der Waals surface area contributed by atoms with E-state index < -0.39 is 22.9 Å². The van der Waals surface area contributed by atoms with E-state index in [1.165, 1.54) is 0 Å². The van der Waals surface area contributed by atoms with E-state index in [1.54, 1.807) is 38.9 Å². The van der Waals surface area contributed by atoms with E-state index >= 15 is 0 Å². The summed E-state index contributed by atoms with van der Waals surface area (Å²) in [5, 5.41) is 6.21. The fourth-order valence-electron chi connectivity index (χ4n) is 4.38. The van der Waals surface area contributed by atoms with Crippen molar-refractivity contribution < 1.29 is 19.1 Å². The van der Waals surface area contributed by atoms with E-state index in [-0.39, 0.29) is 23.8 Å². The van der Waals surface area contributed by atoms with Gasteiger partial charge in [0, 0.05) is 18.0 Å². The van der Waals surface area contributed by atoms with Gasteiger partial charge >= 0.3 is 5.97 Å². The van der Waals surface area contributed by atoms with Crippen LogP contribution < -0.4 is 10.6 Å².